The fourth-order valence-electron chi connectivity index (χ4n) is 1.68. The lowest BCUT2D eigenvalue weighted by Gasteiger charge is -2.21. The minimum absolute atomic E-state index is 0.0307. The molecule has 0 heterocycles. The summed E-state index contributed by atoms with van der Waals surface area (Å²) < 4.78 is 30.3. The van der Waals surface area contributed by atoms with Crippen molar-refractivity contribution in [2.75, 3.05) is 19.0 Å². The van der Waals surface area contributed by atoms with Gasteiger partial charge in [0.15, 0.2) is 0 Å². The summed E-state index contributed by atoms with van der Waals surface area (Å²) in [4.78, 5) is 13.1. The highest BCUT2D eigenvalue weighted by atomic mass is 35.5. The van der Waals surface area contributed by atoms with Gasteiger partial charge in [-0.1, -0.05) is 0 Å². The zero-order valence-corrected chi connectivity index (χ0v) is 12.2. The molecule has 6 heteroatoms. The smallest absolute Gasteiger partial charge is 0.255 e. The number of hydrogen-bond acceptors (Lipinski definition) is 2. The number of halogens is 3. The average molecular weight is 306 g/mol. The molecule has 0 radical (unpaired) electrons. The Hall–Kier alpha value is -1.36. The van der Waals surface area contributed by atoms with Crippen LogP contribution in [0.2, 0.25) is 0 Å². The van der Waals surface area contributed by atoms with Gasteiger partial charge in [0.2, 0.25) is 0 Å². The third-order valence-corrected chi connectivity index (χ3v) is 2.64. The second kappa shape index (κ2) is 8.04. The van der Waals surface area contributed by atoms with Crippen LogP contribution in [0.4, 0.5) is 8.78 Å². The van der Waals surface area contributed by atoms with E-state index in [9.17, 15) is 13.6 Å². The number of alkyl halides is 3. The van der Waals surface area contributed by atoms with Crippen LogP contribution in [0.1, 0.15) is 24.2 Å². The van der Waals surface area contributed by atoms with E-state index in [1.807, 2.05) is 13.8 Å². The number of carbonyl (C=O) groups excluding carboxylic acids is 1. The van der Waals surface area contributed by atoms with Crippen LogP contribution in [0, 0.1) is 0 Å². The third kappa shape index (κ3) is 5.33. The van der Waals surface area contributed by atoms with Crippen molar-refractivity contribution in [3.63, 3.8) is 0 Å². The summed E-state index contributed by atoms with van der Waals surface area (Å²) in [6.45, 7) is 3.26. The zero-order chi connectivity index (χ0) is 15.1. The normalized spacial score (nSPS) is 10.9. The van der Waals surface area contributed by atoms with Crippen molar-refractivity contribution >= 4 is 17.5 Å². The first kappa shape index (κ1) is 16.7. The minimum atomic E-state index is -2.58. The van der Waals surface area contributed by atoms with Crippen LogP contribution in [-0.2, 0) is 0 Å². The Labute approximate surface area is 122 Å². The van der Waals surface area contributed by atoms with E-state index in [1.165, 1.54) is 0 Å². The first-order valence-corrected chi connectivity index (χ1v) is 6.87. The lowest BCUT2D eigenvalue weighted by molar-refractivity contribution is 0.0571. The topological polar surface area (TPSA) is 29.5 Å². The van der Waals surface area contributed by atoms with Gasteiger partial charge in [-0.2, -0.15) is 0 Å². The molecule has 0 aliphatic rings. The van der Waals surface area contributed by atoms with E-state index in [2.05, 4.69) is 0 Å². The number of benzene rings is 1. The molecule has 1 aromatic carbocycles. The number of ether oxygens (including phenoxy) is 1. The Kier molecular flexibility index (Phi) is 6.71. The van der Waals surface area contributed by atoms with Gasteiger partial charge >= 0.3 is 0 Å². The molecule has 1 rings (SSSR count). The fourth-order valence-corrected chi connectivity index (χ4v) is 1.88. The predicted molar refractivity (Wildman–Crippen MR) is 74.8 cm³/mol. The largest absolute Gasteiger partial charge is 0.491 e. The Morgan fingerprint density at radius 1 is 1.30 bits per heavy atom. The summed E-state index contributed by atoms with van der Waals surface area (Å²) >= 11 is 5.53. The van der Waals surface area contributed by atoms with Gasteiger partial charge in [-0.15, -0.1) is 11.6 Å². The van der Waals surface area contributed by atoms with Crippen LogP contribution in [0.3, 0.4) is 0 Å². The summed E-state index contributed by atoms with van der Waals surface area (Å²) in [5.41, 5.74) is 0.340. The van der Waals surface area contributed by atoms with Crippen molar-refractivity contribution in [3.8, 4) is 5.75 Å². The maximum absolute atomic E-state index is 12.4. The van der Waals surface area contributed by atoms with Crippen molar-refractivity contribution < 1.29 is 18.3 Å². The van der Waals surface area contributed by atoms with Gasteiger partial charge in [0.05, 0.1) is 12.6 Å². The summed E-state index contributed by atoms with van der Waals surface area (Å²) in [6.07, 6.45) is -2.55. The molecule has 0 saturated carbocycles. The number of rotatable bonds is 7. The molecule has 1 amide bonds. The van der Waals surface area contributed by atoms with Gasteiger partial charge in [-0.3, -0.25) is 4.79 Å². The van der Waals surface area contributed by atoms with Crippen LogP contribution in [0.5, 0.6) is 5.75 Å². The Bertz CT molecular complexity index is 424. The van der Waals surface area contributed by atoms with Crippen molar-refractivity contribution in [1.29, 1.82) is 0 Å². The molecule has 20 heavy (non-hydrogen) atoms. The van der Waals surface area contributed by atoms with Crippen LogP contribution >= 0.6 is 11.6 Å². The van der Waals surface area contributed by atoms with Crippen molar-refractivity contribution in [2.24, 2.45) is 0 Å². The maximum atomic E-state index is 12.4. The Balaban J connectivity index is 2.78. The summed E-state index contributed by atoms with van der Waals surface area (Å²) in [6, 6.07) is 6.42. The Morgan fingerprint density at radius 3 is 2.35 bits per heavy atom. The van der Waals surface area contributed by atoms with E-state index >= 15 is 0 Å². The Morgan fingerprint density at radius 2 is 1.90 bits per heavy atom. The SMILES string of the molecule is CC(C)Oc1ccc(C(=O)N(CCCl)CC(F)F)cc1. The van der Waals surface area contributed by atoms with Crippen molar-refractivity contribution in [3.05, 3.63) is 29.8 Å². The molecule has 0 unspecified atom stereocenters. The molecule has 0 atom stereocenters. The van der Waals surface area contributed by atoms with E-state index in [0.29, 0.717) is 11.3 Å². The summed E-state index contributed by atoms with van der Waals surface area (Å²) in [5.74, 6) is 0.295. The quantitative estimate of drug-likeness (QED) is 0.722. The van der Waals surface area contributed by atoms with Gasteiger partial charge in [0, 0.05) is 18.0 Å². The number of carbonyl (C=O) groups is 1. The molecule has 0 aromatic heterocycles. The molecule has 3 nitrogen and oxygen atoms in total. The molecular weight excluding hydrogens is 288 g/mol. The van der Waals surface area contributed by atoms with Gasteiger partial charge in [-0.05, 0) is 38.1 Å². The first-order chi connectivity index (χ1) is 9.43. The molecule has 0 fully saturated rings. The molecule has 1 aromatic rings. The van der Waals surface area contributed by atoms with Crippen molar-refractivity contribution in [1.82, 2.24) is 4.90 Å². The number of hydrogen-bond donors (Lipinski definition) is 0. The van der Waals surface area contributed by atoms with E-state index < -0.39 is 18.9 Å². The van der Waals surface area contributed by atoms with Gasteiger partial charge < -0.3 is 9.64 Å². The monoisotopic (exact) mass is 305 g/mol. The van der Waals surface area contributed by atoms with E-state index in [1.54, 1.807) is 24.3 Å². The van der Waals surface area contributed by atoms with Gasteiger partial charge in [0.1, 0.15) is 5.75 Å². The second-order valence-corrected chi connectivity index (χ2v) is 4.90. The highest BCUT2D eigenvalue weighted by Crippen LogP contribution is 2.15. The van der Waals surface area contributed by atoms with Crippen molar-refractivity contribution in [2.45, 2.75) is 26.4 Å². The maximum Gasteiger partial charge on any atom is 0.255 e. The van der Waals surface area contributed by atoms with Crippen LogP contribution in [0.15, 0.2) is 24.3 Å². The molecule has 0 bridgehead atoms. The molecule has 0 N–H and O–H groups in total. The number of nitrogens with zero attached hydrogens (tertiary/aromatic N) is 1. The number of amides is 1. The zero-order valence-electron chi connectivity index (χ0n) is 11.5. The molecule has 0 spiro atoms. The lowest BCUT2D eigenvalue weighted by atomic mass is 10.2. The fraction of sp³-hybridized carbons (Fsp3) is 0.500. The lowest BCUT2D eigenvalue weighted by Crippen LogP contribution is -2.36. The molecule has 0 aliphatic carbocycles. The minimum Gasteiger partial charge on any atom is -0.491 e. The molecule has 0 saturated heterocycles. The molecule has 0 aliphatic heterocycles. The standard InChI is InChI=1S/C14H18ClF2NO2/c1-10(2)20-12-5-3-11(4-6-12)14(19)18(8-7-15)9-13(16)17/h3-6,10,13H,7-9H2,1-2H3. The van der Waals surface area contributed by atoms with Gasteiger partial charge in [-0.25, -0.2) is 8.78 Å². The van der Waals surface area contributed by atoms with Crippen LogP contribution in [0.25, 0.3) is 0 Å². The van der Waals surface area contributed by atoms with Gasteiger partial charge in [0.25, 0.3) is 12.3 Å². The molecule has 112 valence electrons. The third-order valence-electron chi connectivity index (χ3n) is 2.47. The predicted octanol–water partition coefficient (Wildman–Crippen LogP) is 3.42. The second-order valence-electron chi connectivity index (χ2n) is 4.52. The highest BCUT2D eigenvalue weighted by molar-refractivity contribution is 6.18. The average Bonchev–Trinajstić information content (AvgIpc) is 2.37. The summed E-state index contributed by atoms with van der Waals surface area (Å²) in [5, 5.41) is 0. The molecular formula is C14H18ClF2NO2. The van der Waals surface area contributed by atoms with E-state index in [4.69, 9.17) is 16.3 Å². The van der Waals surface area contributed by atoms with Crippen LogP contribution in [-0.4, -0.2) is 42.3 Å². The van der Waals surface area contributed by atoms with E-state index in [0.717, 1.165) is 4.90 Å². The van der Waals surface area contributed by atoms with Crippen LogP contribution < -0.4 is 4.74 Å². The summed E-state index contributed by atoms with van der Waals surface area (Å²) in [7, 11) is 0. The highest BCUT2D eigenvalue weighted by Gasteiger charge is 2.19. The van der Waals surface area contributed by atoms with E-state index in [-0.39, 0.29) is 18.5 Å². The first-order valence-electron chi connectivity index (χ1n) is 6.34.